The summed E-state index contributed by atoms with van der Waals surface area (Å²) in [4.78, 5) is 37.3. The molecule has 1 unspecified atom stereocenters. The molecule has 6 nitrogen and oxygen atoms in total. The monoisotopic (exact) mass is 310 g/mol. The minimum atomic E-state index is -0.464. The number of nitrogens with zero attached hydrogens (tertiary/aromatic N) is 1. The molecule has 0 bridgehead atoms. The quantitative estimate of drug-likeness (QED) is 0.863. The van der Waals surface area contributed by atoms with E-state index in [1.54, 1.807) is 16.3 Å². The molecule has 1 N–H and O–H groups in total. The molecule has 114 valence electrons. The molecule has 0 aliphatic carbocycles. The van der Waals surface area contributed by atoms with Crippen molar-refractivity contribution in [2.24, 2.45) is 5.92 Å². The third-order valence-corrected chi connectivity index (χ3v) is 4.43. The molecule has 1 aliphatic heterocycles. The van der Waals surface area contributed by atoms with Crippen molar-refractivity contribution >= 4 is 34.8 Å². The average molecular weight is 310 g/mol. The van der Waals surface area contributed by atoms with Crippen LogP contribution in [0.2, 0.25) is 0 Å². The van der Waals surface area contributed by atoms with Crippen LogP contribution in [-0.2, 0) is 14.3 Å². The number of piperidine rings is 1. The maximum atomic E-state index is 12.3. The highest BCUT2D eigenvalue weighted by Gasteiger charge is 2.28. The van der Waals surface area contributed by atoms with E-state index < -0.39 is 5.97 Å². The van der Waals surface area contributed by atoms with E-state index in [-0.39, 0.29) is 17.7 Å². The molecule has 1 aromatic heterocycles. The lowest BCUT2D eigenvalue weighted by atomic mass is 9.97. The highest BCUT2D eigenvalue weighted by atomic mass is 32.1. The van der Waals surface area contributed by atoms with Crippen LogP contribution in [0, 0.1) is 5.92 Å². The Hall–Kier alpha value is -1.89. The van der Waals surface area contributed by atoms with Gasteiger partial charge in [-0.15, -0.1) is 11.3 Å². The molecule has 0 saturated carbocycles. The predicted octanol–water partition coefficient (Wildman–Crippen LogP) is 1.73. The summed E-state index contributed by atoms with van der Waals surface area (Å²) in [6, 6.07) is 1.68. The number of hydrogen-bond donors (Lipinski definition) is 1. The minimum Gasteiger partial charge on any atom is -0.465 e. The summed E-state index contributed by atoms with van der Waals surface area (Å²) in [5.74, 6) is -0.884. The third kappa shape index (κ3) is 3.60. The Bertz CT molecular complexity index is 555. The number of amides is 2. The summed E-state index contributed by atoms with van der Waals surface area (Å²) in [6.45, 7) is 2.64. The molecule has 2 amide bonds. The predicted molar refractivity (Wildman–Crippen MR) is 79.3 cm³/mol. The second-order valence-electron chi connectivity index (χ2n) is 4.95. The van der Waals surface area contributed by atoms with Crippen LogP contribution in [0.25, 0.3) is 0 Å². The first kappa shape index (κ1) is 15.5. The zero-order valence-corrected chi connectivity index (χ0v) is 12.9. The van der Waals surface area contributed by atoms with Gasteiger partial charge in [0, 0.05) is 20.0 Å². The van der Waals surface area contributed by atoms with Crippen molar-refractivity contribution in [3.8, 4) is 0 Å². The molecule has 0 spiro atoms. The normalized spacial score (nSPS) is 18.2. The fourth-order valence-corrected chi connectivity index (χ4v) is 3.14. The van der Waals surface area contributed by atoms with Crippen molar-refractivity contribution in [1.29, 1.82) is 0 Å². The maximum Gasteiger partial charge on any atom is 0.350 e. The lowest BCUT2D eigenvalue weighted by Crippen LogP contribution is -2.42. The average Bonchev–Trinajstić information content (AvgIpc) is 2.94. The van der Waals surface area contributed by atoms with E-state index in [1.807, 2.05) is 0 Å². The first-order valence-electron chi connectivity index (χ1n) is 6.75. The first-order valence-corrected chi connectivity index (χ1v) is 7.63. The number of likely N-dealkylation sites (tertiary alicyclic amines) is 1. The van der Waals surface area contributed by atoms with E-state index in [0.717, 1.165) is 12.8 Å². The van der Waals surface area contributed by atoms with Gasteiger partial charge in [0.2, 0.25) is 11.8 Å². The molecule has 0 radical (unpaired) electrons. The third-order valence-electron chi connectivity index (χ3n) is 3.53. The summed E-state index contributed by atoms with van der Waals surface area (Å²) in [7, 11) is 1.31. The number of ether oxygens (including phenoxy) is 1. The topological polar surface area (TPSA) is 75.7 Å². The zero-order chi connectivity index (χ0) is 15.4. The van der Waals surface area contributed by atoms with Crippen molar-refractivity contribution < 1.29 is 19.1 Å². The van der Waals surface area contributed by atoms with Gasteiger partial charge < -0.3 is 15.0 Å². The lowest BCUT2D eigenvalue weighted by Gasteiger charge is -2.31. The smallest absolute Gasteiger partial charge is 0.350 e. The van der Waals surface area contributed by atoms with Gasteiger partial charge in [0.05, 0.1) is 18.7 Å². The number of thiophene rings is 1. The molecule has 1 aliphatic rings. The fraction of sp³-hybridized carbons (Fsp3) is 0.500. The molecule has 21 heavy (non-hydrogen) atoms. The molecule has 2 heterocycles. The summed E-state index contributed by atoms with van der Waals surface area (Å²) in [6.07, 6.45) is 1.55. The fourth-order valence-electron chi connectivity index (χ4n) is 2.37. The Labute approximate surface area is 127 Å². The van der Waals surface area contributed by atoms with E-state index in [1.165, 1.54) is 25.4 Å². The van der Waals surface area contributed by atoms with Crippen LogP contribution < -0.4 is 5.32 Å². The first-order chi connectivity index (χ1) is 10.0. The molecular formula is C14H18N2O4S. The summed E-state index contributed by atoms with van der Waals surface area (Å²) in [5.41, 5.74) is 0.469. The van der Waals surface area contributed by atoms with Crippen molar-refractivity contribution in [2.45, 2.75) is 19.8 Å². The highest BCUT2D eigenvalue weighted by Crippen LogP contribution is 2.25. The van der Waals surface area contributed by atoms with Crippen LogP contribution >= 0.6 is 11.3 Å². The van der Waals surface area contributed by atoms with Gasteiger partial charge >= 0.3 is 5.97 Å². The standard InChI is InChI=1S/C14H18N2O4S/c1-9(17)16-6-3-4-10(8-16)13(18)15-11-5-7-21-12(11)14(19)20-2/h5,7,10H,3-4,6,8H2,1-2H3,(H,15,18). The van der Waals surface area contributed by atoms with Gasteiger partial charge in [0.1, 0.15) is 4.88 Å². The number of esters is 1. The molecule has 2 rings (SSSR count). The van der Waals surface area contributed by atoms with Crippen LogP contribution in [0.4, 0.5) is 5.69 Å². The van der Waals surface area contributed by atoms with Crippen LogP contribution in [0.5, 0.6) is 0 Å². The molecule has 1 fully saturated rings. The van der Waals surface area contributed by atoms with Gasteiger partial charge in [0.25, 0.3) is 0 Å². The summed E-state index contributed by atoms with van der Waals surface area (Å²) >= 11 is 1.22. The highest BCUT2D eigenvalue weighted by molar-refractivity contribution is 7.12. The van der Waals surface area contributed by atoms with Crippen molar-refractivity contribution in [1.82, 2.24) is 4.90 Å². The van der Waals surface area contributed by atoms with E-state index in [0.29, 0.717) is 23.7 Å². The Morgan fingerprint density at radius 1 is 1.43 bits per heavy atom. The Balaban J connectivity index is 2.03. The van der Waals surface area contributed by atoms with Gasteiger partial charge in [-0.3, -0.25) is 9.59 Å². The lowest BCUT2D eigenvalue weighted by molar-refractivity contribution is -0.132. The van der Waals surface area contributed by atoms with E-state index in [9.17, 15) is 14.4 Å². The molecule has 1 saturated heterocycles. The van der Waals surface area contributed by atoms with Gasteiger partial charge in [-0.2, -0.15) is 0 Å². The van der Waals surface area contributed by atoms with Crippen LogP contribution in [0.15, 0.2) is 11.4 Å². The van der Waals surface area contributed by atoms with Gasteiger partial charge in [-0.25, -0.2) is 4.79 Å². The molecule has 7 heteroatoms. The number of rotatable bonds is 3. The second kappa shape index (κ2) is 6.71. The van der Waals surface area contributed by atoms with Crippen LogP contribution in [-0.4, -0.2) is 42.9 Å². The Morgan fingerprint density at radius 3 is 2.86 bits per heavy atom. The van der Waals surface area contributed by atoms with Crippen LogP contribution in [0.1, 0.15) is 29.4 Å². The van der Waals surface area contributed by atoms with Crippen molar-refractivity contribution in [2.75, 3.05) is 25.5 Å². The second-order valence-corrected chi connectivity index (χ2v) is 5.86. The number of carbonyl (C=O) groups excluding carboxylic acids is 3. The number of carbonyl (C=O) groups is 3. The molecular weight excluding hydrogens is 292 g/mol. The molecule has 0 aromatic carbocycles. The Morgan fingerprint density at radius 2 is 2.19 bits per heavy atom. The number of nitrogens with one attached hydrogen (secondary N) is 1. The zero-order valence-electron chi connectivity index (χ0n) is 12.0. The van der Waals surface area contributed by atoms with Crippen molar-refractivity contribution in [3.05, 3.63) is 16.3 Å². The van der Waals surface area contributed by atoms with Crippen LogP contribution in [0.3, 0.4) is 0 Å². The van der Waals surface area contributed by atoms with E-state index >= 15 is 0 Å². The van der Waals surface area contributed by atoms with Crippen molar-refractivity contribution in [3.63, 3.8) is 0 Å². The number of methoxy groups -OCH3 is 1. The minimum absolute atomic E-state index is 0.0155. The Kier molecular flexibility index (Phi) is 4.95. The molecule has 1 atom stereocenters. The molecule has 1 aromatic rings. The van der Waals surface area contributed by atoms with Gasteiger partial charge in [0.15, 0.2) is 0 Å². The van der Waals surface area contributed by atoms with Gasteiger partial charge in [-0.1, -0.05) is 0 Å². The SMILES string of the molecule is COC(=O)c1sccc1NC(=O)C1CCCN(C(C)=O)C1. The summed E-state index contributed by atoms with van der Waals surface area (Å²) in [5, 5.41) is 4.49. The number of hydrogen-bond acceptors (Lipinski definition) is 5. The summed E-state index contributed by atoms with van der Waals surface area (Å²) < 4.78 is 4.68. The van der Waals surface area contributed by atoms with E-state index in [4.69, 9.17) is 0 Å². The van der Waals surface area contributed by atoms with E-state index in [2.05, 4.69) is 10.1 Å². The largest absolute Gasteiger partial charge is 0.465 e. The van der Waals surface area contributed by atoms with Gasteiger partial charge in [-0.05, 0) is 24.3 Å². The number of anilines is 1. The maximum absolute atomic E-state index is 12.3.